The summed E-state index contributed by atoms with van der Waals surface area (Å²) in [5, 5.41) is 8.90. The van der Waals surface area contributed by atoms with Crippen molar-refractivity contribution in [2.75, 3.05) is 11.9 Å². The van der Waals surface area contributed by atoms with Crippen LogP contribution in [0, 0.1) is 0 Å². The van der Waals surface area contributed by atoms with E-state index in [-0.39, 0.29) is 11.9 Å². The summed E-state index contributed by atoms with van der Waals surface area (Å²) in [5.41, 5.74) is 3.34. The number of carbonyl (C=O) groups excluding carboxylic acids is 1. The van der Waals surface area contributed by atoms with E-state index in [2.05, 4.69) is 35.5 Å². The zero-order valence-corrected chi connectivity index (χ0v) is 13.0. The molecule has 0 aliphatic carbocycles. The molecule has 1 aliphatic rings. The monoisotopic (exact) mass is 301 g/mol. The number of nitrogens with zero attached hydrogens (tertiary/aromatic N) is 1. The van der Waals surface area contributed by atoms with E-state index in [1.165, 1.54) is 16.9 Å². The molecule has 0 saturated carbocycles. The van der Waals surface area contributed by atoms with Crippen molar-refractivity contribution < 1.29 is 4.79 Å². The highest BCUT2D eigenvalue weighted by Crippen LogP contribution is 2.26. The lowest BCUT2D eigenvalue weighted by Crippen LogP contribution is -2.38. The van der Waals surface area contributed by atoms with Gasteiger partial charge < -0.3 is 10.6 Å². The van der Waals surface area contributed by atoms with E-state index >= 15 is 0 Å². The van der Waals surface area contributed by atoms with Crippen molar-refractivity contribution in [3.05, 3.63) is 46.5 Å². The third kappa shape index (κ3) is 2.99. The fourth-order valence-electron chi connectivity index (χ4n) is 2.52. The van der Waals surface area contributed by atoms with Crippen LogP contribution in [0.1, 0.15) is 42.6 Å². The topological polar surface area (TPSA) is 54.0 Å². The van der Waals surface area contributed by atoms with E-state index in [0.29, 0.717) is 11.0 Å². The van der Waals surface area contributed by atoms with E-state index in [1.54, 1.807) is 0 Å². The third-order valence-corrected chi connectivity index (χ3v) is 4.49. The van der Waals surface area contributed by atoms with Gasteiger partial charge in [-0.25, -0.2) is 4.98 Å². The molecule has 2 heterocycles. The van der Waals surface area contributed by atoms with Gasteiger partial charge in [0.05, 0.1) is 5.69 Å². The number of benzene rings is 1. The lowest BCUT2D eigenvalue weighted by atomic mass is 9.94. The minimum absolute atomic E-state index is 0.0354. The van der Waals surface area contributed by atoms with Crippen molar-refractivity contribution in [1.29, 1.82) is 0 Å². The summed E-state index contributed by atoms with van der Waals surface area (Å²) in [7, 11) is 0. The minimum atomic E-state index is -0.290. The highest BCUT2D eigenvalue weighted by atomic mass is 32.1. The summed E-state index contributed by atoms with van der Waals surface area (Å²) in [4.78, 5) is 17.0. The summed E-state index contributed by atoms with van der Waals surface area (Å²) < 4.78 is 0. The molecule has 5 heteroatoms. The Morgan fingerprint density at radius 3 is 3.00 bits per heavy atom. The van der Waals surface area contributed by atoms with E-state index < -0.39 is 0 Å². The number of fused-ring (bicyclic) bond motifs is 1. The molecule has 1 atom stereocenters. The van der Waals surface area contributed by atoms with Crippen LogP contribution in [0.2, 0.25) is 0 Å². The van der Waals surface area contributed by atoms with E-state index in [1.807, 2.05) is 23.6 Å². The Balaban J connectivity index is 1.77. The predicted octanol–water partition coefficient (Wildman–Crippen LogP) is 3.09. The summed E-state index contributed by atoms with van der Waals surface area (Å²) in [6.45, 7) is 5.02. The number of thiazole rings is 1. The molecule has 3 rings (SSSR count). The van der Waals surface area contributed by atoms with Gasteiger partial charge >= 0.3 is 0 Å². The summed E-state index contributed by atoms with van der Waals surface area (Å²) in [6, 6.07) is 7.83. The molecule has 1 aliphatic heterocycles. The maximum absolute atomic E-state index is 12.5. The fraction of sp³-hybridized carbons (Fsp3) is 0.375. The quantitative estimate of drug-likeness (QED) is 0.916. The number of nitrogens with one attached hydrogen (secondary N) is 2. The molecule has 1 aromatic heterocycles. The largest absolute Gasteiger partial charge is 0.302 e. The van der Waals surface area contributed by atoms with Gasteiger partial charge in [-0.15, -0.1) is 11.3 Å². The highest BCUT2D eigenvalue weighted by molar-refractivity contribution is 7.13. The Kier molecular flexibility index (Phi) is 4.03. The summed E-state index contributed by atoms with van der Waals surface area (Å²) in [6.07, 6.45) is 0.967. The maximum Gasteiger partial charge on any atom is 0.247 e. The Morgan fingerprint density at radius 1 is 1.43 bits per heavy atom. The van der Waals surface area contributed by atoms with Crippen molar-refractivity contribution in [2.45, 2.75) is 32.2 Å². The molecule has 1 unspecified atom stereocenters. The molecular formula is C16H19N3OS. The van der Waals surface area contributed by atoms with Gasteiger partial charge in [0.2, 0.25) is 5.91 Å². The zero-order chi connectivity index (χ0) is 14.8. The van der Waals surface area contributed by atoms with Gasteiger partial charge in [-0.1, -0.05) is 38.1 Å². The second-order valence-electron chi connectivity index (χ2n) is 5.56. The lowest BCUT2D eigenvalue weighted by molar-refractivity contribution is -0.118. The van der Waals surface area contributed by atoms with Gasteiger partial charge in [0.1, 0.15) is 6.04 Å². The lowest BCUT2D eigenvalue weighted by Gasteiger charge is -2.25. The van der Waals surface area contributed by atoms with Crippen LogP contribution >= 0.6 is 11.3 Å². The molecular weight excluding hydrogens is 282 g/mol. The number of rotatable bonds is 3. The molecule has 1 amide bonds. The van der Waals surface area contributed by atoms with Crippen molar-refractivity contribution in [3.8, 4) is 0 Å². The number of carbonyl (C=O) groups is 1. The van der Waals surface area contributed by atoms with Crippen LogP contribution in [0.3, 0.4) is 0 Å². The average Bonchev–Trinajstić information content (AvgIpc) is 2.95. The number of aromatic nitrogens is 1. The number of hydrogen-bond acceptors (Lipinski definition) is 4. The van der Waals surface area contributed by atoms with Gasteiger partial charge in [-0.05, 0) is 23.5 Å². The van der Waals surface area contributed by atoms with Crippen molar-refractivity contribution in [3.63, 3.8) is 0 Å². The molecule has 0 fully saturated rings. The van der Waals surface area contributed by atoms with Crippen LogP contribution in [0.15, 0.2) is 29.6 Å². The first-order valence-corrected chi connectivity index (χ1v) is 8.10. The van der Waals surface area contributed by atoms with Crippen LogP contribution < -0.4 is 10.6 Å². The average molecular weight is 301 g/mol. The van der Waals surface area contributed by atoms with Crippen LogP contribution in [0.4, 0.5) is 5.13 Å². The smallest absolute Gasteiger partial charge is 0.247 e. The first kappa shape index (κ1) is 14.2. The zero-order valence-electron chi connectivity index (χ0n) is 12.2. The van der Waals surface area contributed by atoms with Crippen molar-refractivity contribution in [2.24, 2.45) is 0 Å². The number of anilines is 1. The third-order valence-electron chi connectivity index (χ3n) is 3.71. The van der Waals surface area contributed by atoms with Crippen LogP contribution in [0.5, 0.6) is 0 Å². The molecule has 21 heavy (non-hydrogen) atoms. The van der Waals surface area contributed by atoms with Crippen LogP contribution in [0.25, 0.3) is 0 Å². The number of hydrogen-bond donors (Lipinski definition) is 2. The van der Waals surface area contributed by atoms with Gasteiger partial charge in [-0.3, -0.25) is 4.79 Å². The molecule has 0 radical (unpaired) electrons. The molecule has 0 spiro atoms. The second-order valence-corrected chi connectivity index (χ2v) is 6.42. The Morgan fingerprint density at radius 2 is 2.24 bits per heavy atom. The molecule has 0 bridgehead atoms. The maximum atomic E-state index is 12.5. The molecule has 110 valence electrons. The van der Waals surface area contributed by atoms with Gasteiger partial charge in [-0.2, -0.15) is 0 Å². The highest BCUT2D eigenvalue weighted by Gasteiger charge is 2.26. The van der Waals surface area contributed by atoms with Crippen LogP contribution in [-0.4, -0.2) is 17.4 Å². The predicted molar refractivity (Wildman–Crippen MR) is 85.7 cm³/mol. The van der Waals surface area contributed by atoms with Gasteiger partial charge in [0.15, 0.2) is 5.13 Å². The van der Waals surface area contributed by atoms with Crippen molar-refractivity contribution >= 4 is 22.4 Å². The van der Waals surface area contributed by atoms with E-state index in [4.69, 9.17) is 0 Å². The van der Waals surface area contributed by atoms with Crippen LogP contribution in [-0.2, 0) is 11.2 Å². The summed E-state index contributed by atoms with van der Waals surface area (Å²) >= 11 is 1.48. The SMILES string of the molecule is CC(C)c1csc(NC(=O)C2NCCc3ccccc32)n1. The van der Waals surface area contributed by atoms with E-state index in [9.17, 15) is 4.79 Å². The Labute approximate surface area is 128 Å². The first-order chi connectivity index (χ1) is 10.1. The molecule has 2 aromatic rings. The molecule has 0 saturated heterocycles. The van der Waals surface area contributed by atoms with Gasteiger partial charge in [0, 0.05) is 11.9 Å². The summed E-state index contributed by atoms with van der Waals surface area (Å²) in [5.74, 6) is 0.340. The normalized spacial score (nSPS) is 17.6. The fourth-order valence-corrected chi connectivity index (χ4v) is 3.40. The Hall–Kier alpha value is -1.72. The van der Waals surface area contributed by atoms with E-state index in [0.717, 1.165) is 24.2 Å². The minimum Gasteiger partial charge on any atom is -0.302 e. The Bertz CT molecular complexity index is 650. The van der Waals surface area contributed by atoms with Gasteiger partial charge in [0.25, 0.3) is 0 Å². The van der Waals surface area contributed by atoms with Crippen molar-refractivity contribution in [1.82, 2.24) is 10.3 Å². The first-order valence-electron chi connectivity index (χ1n) is 7.22. The molecule has 4 nitrogen and oxygen atoms in total. The molecule has 1 aromatic carbocycles. The molecule has 2 N–H and O–H groups in total. The second kappa shape index (κ2) is 5.95. The standard InChI is InChI=1S/C16H19N3OS/c1-10(2)13-9-21-16(18-13)19-15(20)14-12-6-4-3-5-11(12)7-8-17-14/h3-6,9-10,14,17H,7-8H2,1-2H3,(H,18,19,20). The number of amides is 1.